The Labute approximate surface area is 247 Å². The standard InChI is InChI=1S/C27H25ClFN11O3/c1-2-40-27(43)26(42)39(14-34-40)21-7-16(15-3-4-15)11-38-12-17(35-24(21)38)8-31-9-20(36-30)25(41)32-10-19-23-22(29)18(28)5-6-37(23)13-33-19/h5-7,9,11-15H,2-4,8,10,30H2,1H3,(H,32,41)/b31-9?,36-20+. The first-order valence-electron chi connectivity index (χ1n) is 13.3. The van der Waals surface area contributed by atoms with Crippen LogP contribution in [0.1, 0.15) is 42.6 Å². The van der Waals surface area contributed by atoms with Crippen LogP contribution in [0.3, 0.4) is 0 Å². The van der Waals surface area contributed by atoms with Gasteiger partial charge < -0.3 is 20.0 Å². The van der Waals surface area contributed by atoms with Crippen molar-refractivity contribution in [3.63, 3.8) is 0 Å². The molecule has 0 aliphatic heterocycles. The molecule has 14 nitrogen and oxygen atoms in total. The van der Waals surface area contributed by atoms with E-state index >= 15 is 0 Å². The largest absolute Gasteiger partial charge is 0.345 e. The van der Waals surface area contributed by atoms with Crippen molar-refractivity contribution >= 4 is 40.6 Å². The number of carbonyl (C=O) groups is 1. The maximum Gasteiger partial charge on any atom is 0.332 e. The molecule has 43 heavy (non-hydrogen) atoms. The first kappa shape index (κ1) is 28.0. The van der Waals surface area contributed by atoms with Gasteiger partial charge in [-0.1, -0.05) is 11.6 Å². The minimum absolute atomic E-state index is 0.0617. The lowest BCUT2D eigenvalue weighted by Crippen LogP contribution is -2.41. The van der Waals surface area contributed by atoms with Crippen LogP contribution in [-0.2, 0) is 24.4 Å². The van der Waals surface area contributed by atoms with E-state index in [1.807, 2.05) is 12.3 Å². The fourth-order valence-electron chi connectivity index (χ4n) is 4.72. The van der Waals surface area contributed by atoms with E-state index in [0.717, 1.165) is 23.1 Å². The second kappa shape index (κ2) is 11.2. The summed E-state index contributed by atoms with van der Waals surface area (Å²) in [7, 11) is 0. The fourth-order valence-corrected chi connectivity index (χ4v) is 4.87. The van der Waals surface area contributed by atoms with E-state index in [1.54, 1.807) is 23.7 Å². The van der Waals surface area contributed by atoms with Gasteiger partial charge in [0.2, 0.25) is 0 Å². The molecule has 1 fully saturated rings. The highest BCUT2D eigenvalue weighted by Crippen LogP contribution is 2.41. The SMILES string of the molecule is CCn1ncn(-c2cc(C3CC3)cn3cc(CN=C/C(=N\N)C(=O)NCc4ncn5ccc(Cl)c(F)c45)nc23)c(=O)c1=O. The molecule has 5 heterocycles. The molecule has 1 aliphatic carbocycles. The van der Waals surface area contributed by atoms with Crippen molar-refractivity contribution in [1.82, 2.24) is 38.4 Å². The van der Waals surface area contributed by atoms with Gasteiger partial charge in [-0.25, -0.2) is 19.0 Å². The molecule has 0 atom stereocenters. The molecule has 0 unspecified atom stereocenters. The number of halogens is 2. The molecule has 0 aromatic carbocycles. The summed E-state index contributed by atoms with van der Waals surface area (Å²) in [5, 5.41) is 10.1. The van der Waals surface area contributed by atoms with Gasteiger partial charge in [0.05, 0.1) is 47.7 Å². The van der Waals surface area contributed by atoms with E-state index < -0.39 is 22.8 Å². The van der Waals surface area contributed by atoms with Gasteiger partial charge in [0.25, 0.3) is 5.91 Å². The number of nitrogens with one attached hydrogen (secondary N) is 1. The number of amides is 1. The number of nitrogens with two attached hydrogens (primary N) is 1. The maximum atomic E-state index is 14.5. The quantitative estimate of drug-likeness (QED) is 0.111. The third-order valence-corrected chi connectivity index (χ3v) is 7.37. The Kier molecular flexibility index (Phi) is 7.31. The van der Waals surface area contributed by atoms with Gasteiger partial charge in [0.15, 0.2) is 17.2 Å². The lowest BCUT2D eigenvalue weighted by Gasteiger charge is -2.10. The predicted molar refractivity (Wildman–Crippen MR) is 156 cm³/mol. The van der Waals surface area contributed by atoms with E-state index in [9.17, 15) is 18.8 Å². The minimum atomic E-state index is -0.724. The highest BCUT2D eigenvalue weighted by atomic mass is 35.5. The van der Waals surface area contributed by atoms with Gasteiger partial charge >= 0.3 is 11.1 Å². The van der Waals surface area contributed by atoms with Crippen LogP contribution in [0.2, 0.25) is 5.02 Å². The van der Waals surface area contributed by atoms with Crippen LogP contribution < -0.4 is 22.3 Å². The van der Waals surface area contributed by atoms with E-state index in [-0.39, 0.29) is 41.6 Å². The molecule has 16 heteroatoms. The normalized spacial score (nSPS) is 13.9. The van der Waals surface area contributed by atoms with Gasteiger partial charge in [-0.3, -0.25) is 23.9 Å². The van der Waals surface area contributed by atoms with Crippen molar-refractivity contribution in [3.8, 4) is 5.69 Å². The number of aromatic nitrogens is 7. The molecule has 220 valence electrons. The maximum absolute atomic E-state index is 14.5. The summed E-state index contributed by atoms with van der Waals surface area (Å²) in [5.74, 6) is 4.51. The Balaban J connectivity index is 1.21. The number of nitrogens with zero attached hydrogens (tertiary/aromatic N) is 9. The third-order valence-electron chi connectivity index (χ3n) is 7.08. The summed E-state index contributed by atoms with van der Waals surface area (Å²) in [4.78, 5) is 51.1. The molecule has 3 N–H and O–H groups in total. The minimum Gasteiger partial charge on any atom is -0.345 e. The van der Waals surface area contributed by atoms with Crippen molar-refractivity contribution in [1.29, 1.82) is 0 Å². The number of carbonyl (C=O) groups excluding carboxylic acids is 1. The lowest BCUT2D eigenvalue weighted by atomic mass is 10.2. The van der Waals surface area contributed by atoms with Crippen molar-refractivity contribution in [2.45, 2.75) is 45.3 Å². The number of rotatable bonds is 9. The number of aliphatic imine (C=N–C) groups is 1. The van der Waals surface area contributed by atoms with Crippen LogP contribution >= 0.6 is 11.6 Å². The van der Waals surface area contributed by atoms with Crippen LogP contribution in [0.25, 0.3) is 16.9 Å². The van der Waals surface area contributed by atoms with Gasteiger partial charge in [0, 0.05) is 25.1 Å². The topological polar surface area (TPSA) is 171 Å². The molecule has 1 amide bonds. The lowest BCUT2D eigenvalue weighted by molar-refractivity contribution is -0.114. The van der Waals surface area contributed by atoms with Gasteiger partial charge in [0.1, 0.15) is 11.8 Å². The zero-order valence-electron chi connectivity index (χ0n) is 22.8. The first-order valence-corrected chi connectivity index (χ1v) is 13.7. The summed E-state index contributed by atoms with van der Waals surface area (Å²) < 4.78 is 20.0. The van der Waals surface area contributed by atoms with Crippen molar-refractivity contribution in [2.24, 2.45) is 15.9 Å². The summed E-state index contributed by atoms with van der Waals surface area (Å²) in [6, 6.07) is 3.26. The zero-order chi connectivity index (χ0) is 30.2. The monoisotopic (exact) mass is 605 g/mol. The Bertz CT molecular complexity index is 2070. The number of hydrogen-bond acceptors (Lipinski definition) is 9. The third kappa shape index (κ3) is 5.30. The number of imidazole rings is 2. The summed E-state index contributed by atoms with van der Waals surface area (Å²) >= 11 is 5.88. The molecule has 1 saturated carbocycles. The van der Waals surface area contributed by atoms with Gasteiger partial charge in [-0.15, -0.1) is 0 Å². The molecule has 6 rings (SSSR count). The van der Waals surface area contributed by atoms with Crippen LogP contribution in [0, 0.1) is 5.82 Å². The van der Waals surface area contributed by atoms with Gasteiger partial charge in [-0.05, 0) is 43.4 Å². The van der Waals surface area contributed by atoms with Crippen LogP contribution in [0.15, 0.2) is 63.1 Å². The van der Waals surface area contributed by atoms with E-state index in [1.165, 1.54) is 33.9 Å². The average Bonchev–Trinajstić information content (AvgIpc) is 3.65. The smallest absolute Gasteiger partial charge is 0.332 e. The molecule has 0 bridgehead atoms. The van der Waals surface area contributed by atoms with E-state index in [0.29, 0.717) is 22.9 Å². The molecule has 5 aromatic rings. The first-order chi connectivity index (χ1) is 20.8. The molecular weight excluding hydrogens is 581 g/mol. The summed E-state index contributed by atoms with van der Waals surface area (Å²) in [6.45, 7) is 1.97. The van der Waals surface area contributed by atoms with E-state index in [2.05, 4.69) is 30.5 Å². The predicted octanol–water partition coefficient (Wildman–Crippen LogP) is 1.58. The molecular formula is C27H25ClFN11O3. The van der Waals surface area contributed by atoms with Gasteiger partial charge in [-0.2, -0.15) is 10.2 Å². The Morgan fingerprint density at radius 1 is 1.23 bits per heavy atom. The highest BCUT2D eigenvalue weighted by Gasteiger charge is 2.26. The second-order valence-electron chi connectivity index (χ2n) is 9.91. The number of hydrazone groups is 1. The molecule has 0 saturated heterocycles. The summed E-state index contributed by atoms with van der Waals surface area (Å²) in [5.41, 5.74) is 1.23. The fraction of sp³-hybridized carbons (Fsp3) is 0.259. The van der Waals surface area contributed by atoms with Crippen LogP contribution in [-0.4, -0.2) is 51.0 Å². The second-order valence-corrected chi connectivity index (χ2v) is 10.3. The average molecular weight is 606 g/mol. The van der Waals surface area contributed by atoms with Crippen molar-refractivity contribution in [3.05, 3.63) is 91.9 Å². The Morgan fingerprint density at radius 3 is 2.79 bits per heavy atom. The van der Waals surface area contributed by atoms with Crippen molar-refractivity contribution in [2.75, 3.05) is 0 Å². The van der Waals surface area contributed by atoms with Crippen LogP contribution in [0.5, 0.6) is 0 Å². The number of hydrogen-bond donors (Lipinski definition) is 2. The molecule has 5 aromatic heterocycles. The van der Waals surface area contributed by atoms with E-state index in [4.69, 9.17) is 17.4 Å². The highest BCUT2D eigenvalue weighted by molar-refractivity contribution is 6.60. The molecule has 0 radical (unpaired) electrons. The van der Waals surface area contributed by atoms with Crippen molar-refractivity contribution < 1.29 is 9.18 Å². The Hall–Kier alpha value is -5.18. The summed E-state index contributed by atoms with van der Waals surface area (Å²) in [6.07, 6.45) is 11.3. The Morgan fingerprint density at radius 2 is 2.05 bits per heavy atom. The van der Waals surface area contributed by atoms with Crippen LogP contribution in [0.4, 0.5) is 4.39 Å². The zero-order valence-corrected chi connectivity index (χ0v) is 23.6. The molecule has 1 aliphatic rings. The number of aryl methyl sites for hydroxylation is 1. The molecule has 0 spiro atoms. The number of fused-ring (bicyclic) bond motifs is 2. The number of pyridine rings is 2.